The molecule has 4 heteroatoms. The van der Waals surface area contributed by atoms with Crippen molar-refractivity contribution in [3.8, 4) is 0 Å². The molecule has 20 heavy (non-hydrogen) atoms. The third-order valence-electron chi connectivity index (χ3n) is 4.39. The quantitative estimate of drug-likeness (QED) is 0.780. The molecule has 0 saturated carbocycles. The first kappa shape index (κ1) is 17.3. The standard InChI is InChI=1S/C16H33N3O/c1-5-7-8-14(6-2)13-17-15-9-11-19(12-10-15)16(20)18(3)4/h14-15,17H,5-13H2,1-4H3. The van der Waals surface area contributed by atoms with E-state index in [1.807, 2.05) is 19.0 Å². The van der Waals surface area contributed by atoms with Gasteiger partial charge in [0.25, 0.3) is 0 Å². The number of carbonyl (C=O) groups is 1. The van der Waals surface area contributed by atoms with Gasteiger partial charge in [0.05, 0.1) is 0 Å². The Morgan fingerprint density at radius 2 is 1.95 bits per heavy atom. The smallest absolute Gasteiger partial charge is 0.319 e. The lowest BCUT2D eigenvalue weighted by Gasteiger charge is -2.34. The molecule has 1 saturated heterocycles. The van der Waals surface area contributed by atoms with Gasteiger partial charge >= 0.3 is 6.03 Å². The Hall–Kier alpha value is -0.770. The molecule has 1 rings (SSSR count). The number of carbonyl (C=O) groups excluding carboxylic acids is 1. The van der Waals surface area contributed by atoms with Crippen LogP contribution in [-0.2, 0) is 0 Å². The highest BCUT2D eigenvalue weighted by atomic mass is 16.2. The molecule has 1 atom stereocenters. The van der Waals surface area contributed by atoms with Crippen LogP contribution in [0.15, 0.2) is 0 Å². The zero-order chi connectivity index (χ0) is 15.0. The fourth-order valence-electron chi connectivity index (χ4n) is 2.83. The van der Waals surface area contributed by atoms with Crippen LogP contribution in [0.1, 0.15) is 52.4 Å². The highest BCUT2D eigenvalue weighted by molar-refractivity contribution is 5.73. The first-order chi connectivity index (χ1) is 9.58. The van der Waals surface area contributed by atoms with Gasteiger partial charge in [-0.2, -0.15) is 0 Å². The van der Waals surface area contributed by atoms with Crippen molar-refractivity contribution in [2.75, 3.05) is 33.7 Å². The maximum absolute atomic E-state index is 11.9. The summed E-state index contributed by atoms with van der Waals surface area (Å²) in [4.78, 5) is 15.5. The van der Waals surface area contributed by atoms with Crippen molar-refractivity contribution >= 4 is 6.03 Å². The molecule has 1 aliphatic rings. The summed E-state index contributed by atoms with van der Waals surface area (Å²) >= 11 is 0. The minimum atomic E-state index is 0.151. The number of likely N-dealkylation sites (tertiary alicyclic amines) is 1. The van der Waals surface area contributed by atoms with Gasteiger partial charge in [0.1, 0.15) is 0 Å². The molecule has 1 unspecified atom stereocenters. The molecule has 2 amide bonds. The highest BCUT2D eigenvalue weighted by Crippen LogP contribution is 2.15. The van der Waals surface area contributed by atoms with E-state index >= 15 is 0 Å². The number of unbranched alkanes of at least 4 members (excludes halogenated alkanes) is 1. The SMILES string of the molecule is CCCCC(CC)CNC1CCN(C(=O)N(C)C)CC1. The zero-order valence-electron chi connectivity index (χ0n) is 13.8. The summed E-state index contributed by atoms with van der Waals surface area (Å²) in [7, 11) is 3.65. The monoisotopic (exact) mass is 283 g/mol. The van der Waals surface area contributed by atoms with E-state index in [0.717, 1.165) is 38.4 Å². The van der Waals surface area contributed by atoms with Gasteiger partial charge in [0, 0.05) is 33.2 Å². The molecule has 0 aromatic carbocycles. The predicted octanol–water partition coefficient (Wildman–Crippen LogP) is 2.94. The second-order valence-electron chi connectivity index (χ2n) is 6.26. The van der Waals surface area contributed by atoms with Gasteiger partial charge in [-0.3, -0.25) is 0 Å². The van der Waals surface area contributed by atoms with Gasteiger partial charge in [-0.05, 0) is 31.7 Å². The first-order valence-electron chi connectivity index (χ1n) is 8.28. The van der Waals surface area contributed by atoms with E-state index in [4.69, 9.17) is 0 Å². The Balaban J connectivity index is 2.23. The molecule has 0 aromatic rings. The van der Waals surface area contributed by atoms with Crippen molar-refractivity contribution in [3.05, 3.63) is 0 Å². The van der Waals surface area contributed by atoms with E-state index in [1.54, 1.807) is 4.90 Å². The third-order valence-corrected chi connectivity index (χ3v) is 4.39. The molecule has 0 bridgehead atoms. The van der Waals surface area contributed by atoms with Gasteiger partial charge in [0.15, 0.2) is 0 Å². The van der Waals surface area contributed by atoms with E-state index in [9.17, 15) is 4.79 Å². The summed E-state index contributed by atoms with van der Waals surface area (Å²) in [5, 5.41) is 3.72. The highest BCUT2D eigenvalue weighted by Gasteiger charge is 2.23. The molecule has 0 aliphatic carbocycles. The summed E-state index contributed by atoms with van der Waals surface area (Å²) in [6.07, 6.45) is 7.42. The molecule has 1 heterocycles. The van der Waals surface area contributed by atoms with E-state index in [1.165, 1.54) is 25.7 Å². The Bertz CT molecular complexity index is 273. The van der Waals surface area contributed by atoms with Crippen molar-refractivity contribution in [1.82, 2.24) is 15.1 Å². The van der Waals surface area contributed by atoms with Gasteiger partial charge in [-0.1, -0.05) is 33.1 Å². The molecule has 4 nitrogen and oxygen atoms in total. The summed E-state index contributed by atoms with van der Waals surface area (Å²) in [5.74, 6) is 0.816. The van der Waals surface area contributed by atoms with Crippen LogP contribution in [0, 0.1) is 5.92 Å². The number of hydrogen-bond acceptors (Lipinski definition) is 2. The fourth-order valence-corrected chi connectivity index (χ4v) is 2.83. The van der Waals surface area contributed by atoms with Crippen LogP contribution in [0.4, 0.5) is 4.79 Å². The molecular weight excluding hydrogens is 250 g/mol. The van der Waals surface area contributed by atoms with Crippen molar-refractivity contribution in [2.24, 2.45) is 5.92 Å². The van der Waals surface area contributed by atoms with Crippen LogP contribution in [0.3, 0.4) is 0 Å². The van der Waals surface area contributed by atoms with Crippen LogP contribution in [0.25, 0.3) is 0 Å². The maximum Gasteiger partial charge on any atom is 0.319 e. The summed E-state index contributed by atoms with van der Waals surface area (Å²) in [6.45, 7) is 7.47. The topological polar surface area (TPSA) is 35.6 Å². The minimum Gasteiger partial charge on any atom is -0.331 e. The molecule has 0 spiro atoms. The number of piperidine rings is 1. The van der Waals surface area contributed by atoms with E-state index in [-0.39, 0.29) is 6.03 Å². The number of amides is 2. The average Bonchev–Trinajstić information content (AvgIpc) is 2.47. The van der Waals surface area contributed by atoms with Crippen LogP contribution < -0.4 is 5.32 Å². The van der Waals surface area contributed by atoms with Crippen LogP contribution in [0.2, 0.25) is 0 Å². The predicted molar refractivity (Wildman–Crippen MR) is 85.0 cm³/mol. The second kappa shape index (κ2) is 9.22. The van der Waals surface area contributed by atoms with E-state index in [0.29, 0.717) is 6.04 Å². The lowest BCUT2D eigenvalue weighted by atomic mass is 9.98. The van der Waals surface area contributed by atoms with Crippen molar-refractivity contribution in [2.45, 2.75) is 58.4 Å². The van der Waals surface area contributed by atoms with Gasteiger partial charge in [-0.25, -0.2) is 4.79 Å². The Kier molecular flexibility index (Phi) is 7.97. The van der Waals surface area contributed by atoms with Crippen molar-refractivity contribution in [3.63, 3.8) is 0 Å². The Morgan fingerprint density at radius 3 is 2.45 bits per heavy atom. The fraction of sp³-hybridized carbons (Fsp3) is 0.938. The van der Waals surface area contributed by atoms with Crippen LogP contribution in [-0.4, -0.2) is 55.6 Å². The molecule has 1 N–H and O–H groups in total. The van der Waals surface area contributed by atoms with Crippen LogP contribution in [0.5, 0.6) is 0 Å². The number of nitrogens with one attached hydrogen (secondary N) is 1. The molecule has 0 radical (unpaired) electrons. The number of hydrogen-bond donors (Lipinski definition) is 1. The van der Waals surface area contributed by atoms with Crippen LogP contribution >= 0.6 is 0 Å². The minimum absolute atomic E-state index is 0.151. The summed E-state index contributed by atoms with van der Waals surface area (Å²) in [5.41, 5.74) is 0. The lowest BCUT2D eigenvalue weighted by molar-refractivity contribution is 0.151. The third kappa shape index (κ3) is 5.70. The lowest BCUT2D eigenvalue weighted by Crippen LogP contribution is -2.48. The second-order valence-corrected chi connectivity index (χ2v) is 6.26. The molecule has 0 aromatic heterocycles. The van der Waals surface area contributed by atoms with E-state index < -0.39 is 0 Å². The van der Waals surface area contributed by atoms with Gasteiger partial charge in [-0.15, -0.1) is 0 Å². The zero-order valence-corrected chi connectivity index (χ0v) is 13.8. The molecular formula is C16H33N3O. The maximum atomic E-state index is 11.9. The van der Waals surface area contributed by atoms with Crippen molar-refractivity contribution in [1.29, 1.82) is 0 Å². The Morgan fingerprint density at radius 1 is 1.30 bits per heavy atom. The number of rotatable bonds is 7. The summed E-state index contributed by atoms with van der Waals surface area (Å²) < 4.78 is 0. The average molecular weight is 283 g/mol. The molecule has 118 valence electrons. The number of urea groups is 1. The normalized spacial score (nSPS) is 18.1. The molecule has 1 fully saturated rings. The van der Waals surface area contributed by atoms with Gasteiger partial charge < -0.3 is 15.1 Å². The summed E-state index contributed by atoms with van der Waals surface area (Å²) in [6, 6.07) is 0.745. The van der Waals surface area contributed by atoms with Crippen molar-refractivity contribution < 1.29 is 4.79 Å². The van der Waals surface area contributed by atoms with E-state index in [2.05, 4.69) is 19.2 Å². The molecule has 1 aliphatic heterocycles. The largest absolute Gasteiger partial charge is 0.331 e. The first-order valence-corrected chi connectivity index (χ1v) is 8.28. The van der Waals surface area contributed by atoms with Gasteiger partial charge in [0.2, 0.25) is 0 Å². The Labute approximate surface area is 124 Å². The number of nitrogens with zero attached hydrogens (tertiary/aromatic N) is 2.